The van der Waals surface area contributed by atoms with E-state index in [-0.39, 0.29) is 11.8 Å². The Morgan fingerprint density at radius 3 is 2.93 bits per heavy atom. The van der Waals surface area contributed by atoms with Gasteiger partial charge in [-0.05, 0) is 61.1 Å². The number of carbonyl (C=O) groups excluding carboxylic acids is 2. The van der Waals surface area contributed by atoms with E-state index < -0.39 is 6.09 Å². The highest BCUT2D eigenvalue weighted by Crippen LogP contribution is 2.39. The third kappa shape index (κ3) is 4.36. The molecular weight excluding hydrogens is 402 g/mol. The summed E-state index contributed by atoms with van der Waals surface area (Å²) >= 11 is 1.42. The molecule has 0 aromatic carbocycles. The molecule has 0 saturated heterocycles. The molecule has 4 rings (SSSR count). The van der Waals surface area contributed by atoms with Crippen LogP contribution in [0.2, 0.25) is 0 Å². The van der Waals surface area contributed by atoms with Crippen LogP contribution in [-0.4, -0.2) is 23.2 Å². The van der Waals surface area contributed by atoms with Crippen LogP contribution < -0.4 is 5.32 Å². The van der Waals surface area contributed by atoms with Gasteiger partial charge < -0.3 is 14.5 Å². The Kier molecular flexibility index (Phi) is 5.82. The summed E-state index contributed by atoms with van der Waals surface area (Å²) in [4.78, 5) is 25.3. The van der Waals surface area contributed by atoms with Crippen molar-refractivity contribution >= 4 is 34.4 Å². The second-order valence-corrected chi connectivity index (χ2v) is 8.04. The lowest BCUT2D eigenvalue weighted by molar-refractivity contribution is -0.111. The lowest BCUT2D eigenvalue weighted by Crippen LogP contribution is -2.22. The van der Waals surface area contributed by atoms with Gasteiger partial charge in [-0.1, -0.05) is 0 Å². The molecule has 30 heavy (non-hydrogen) atoms. The van der Waals surface area contributed by atoms with E-state index in [4.69, 9.17) is 9.15 Å². The molecule has 7 nitrogen and oxygen atoms in total. The zero-order valence-corrected chi connectivity index (χ0v) is 16.9. The van der Waals surface area contributed by atoms with Gasteiger partial charge in [-0.25, -0.2) is 4.79 Å². The summed E-state index contributed by atoms with van der Waals surface area (Å²) in [7, 11) is 0. The van der Waals surface area contributed by atoms with Gasteiger partial charge in [-0.2, -0.15) is 5.26 Å². The standard InChI is InChI=1S/C22H19N3O4S/c23-13-18-17-7-5-15(14-29-22(27)25-9-1-2-10-25)12-19(17)30-21(18)24-20(26)8-6-16-4-3-11-28-16/h1-4,6,8-11,15H,5,7,12,14H2,(H,24,26). The highest BCUT2D eigenvalue weighted by atomic mass is 32.1. The number of hydrogen-bond donors (Lipinski definition) is 1. The number of anilines is 1. The molecule has 3 aromatic heterocycles. The number of thiophene rings is 1. The Labute approximate surface area is 177 Å². The first kappa shape index (κ1) is 19.7. The average molecular weight is 421 g/mol. The maximum Gasteiger partial charge on any atom is 0.417 e. The van der Waals surface area contributed by atoms with Crippen LogP contribution in [0.4, 0.5) is 9.80 Å². The quantitative estimate of drug-likeness (QED) is 0.614. The van der Waals surface area contributed by atoms with Crippen LogP contribution in [0, 0.1) is 17.2 Å². The van der Waals surface area contributed by atoms with Crippen LogP contribution in [0.25, 0.3) is 6.08 Å². The first-order valence-corrected chi connectivity index (χ1v) is 10.3. The molecule has 1 N–H and O–H groups in total. The van der Waals surface area contributed by atoms with Crippen LogP contribution >= 0.6 is 11.3 Å². The molecule has 8 heteroatoms. The summed E-state index contributed by atoms with van der Waals surface area (Å²) in [6.45, 7) is 0.323. The van der Waals surface area contributed by atoms with Gasteiger partial charge >= 0.3 is 6.09 Å². The number of hydrogen-bond acceptors (Lipinski definition) is 6. The third-order valence-corrected chi connectivity index (χ3v) is 6.09. The van der Waals surface area contributed by atoms with Gasteiger partial charge in [0.15, 0.2) is 0 Å². The summed E-state index contributed by atoms with van der Waals surface area (Å²) in [5.74, 6) is 0.441. The van der Waals surface area contributed by atoms with Crippen molar-refractivity contribution in [2.75, 3.05) is 11.9 Å². The predicted molar refractivity (Wildman–Crippen MR) is 112 cm³/mol. The number of nitrogens with zero attached hydrogens (tertiary/aromatic N) is 2. The fourth-order valence-corrected chi connectivity index (χ4v) is 4.74. The largest absolute Gasteiger partial charge is 0.465 e. The minimum atomic E-state index is -0.397. The molecule has 1 atom stereocenters. The zero-order chi connectivity index (χ0) is 20.9. The van der Waals surface area contributed by atoms with E-state index in [1.807, 2.05) is 0 Å². The lowest BCUT2D eigenvalue weighted by atomic mass is 9.88. The second kappa shape index (κ2) is 8.84. The van der Waals surface area contributed by atoms with Crippen molar-refractivity contribution in [1.82, 2.24) is 4.57 Å². The Morgan fingerprint density at radius 2 is 2.20 bits per heavy atom. The third-order valence-electron chi connectivity index (χ3n) is 4.92. The topological polar surface area (TPSA) is 97.3 Å². The van der Waals surface area contributed by atoms with Crippen molar-refractivity contribution in [1.29, 1.82) is 5.26 Å². The van der Waals surface area contributed by atoms with Crippen LogP contribution in [0.15, 0.2) is 53.4 Å². The number of rotatable bonds is 5. The zero-order valence-electron chi connectivity index (χ0n) is 16.0. The highest BCUT2D eigenvalue weighted by Gasteiger charge is 2.27. The van der Waals surface area contributed by atoms with E-state index in [0.717, 1.165) is 23.3 Å². The smallest absolute Gasteiger partial charge is 0.417 e. The van der Waals surface area contributed by atoms with Gasteiger partial charge in [0.25, 0.3) is 0 Å². The first-order valence-electron chi connectivity index (χ1n) is 9.51. The molecule has 152 valence electrons. The van der Waals surface area contributed by atoms with E-state index in [2.05, 4.69) is 11.4 Å². The number of aromatic nitrogens is 1. The summed E-state index contributed by atoms with van der Waals surface area (Å²) in [5, 5.41) is 13.0. The molecule has 3 heterocycles. The summed E-state index contributed by atoms with van der Waals surface area (Å²) in [6.07, 6.45) is 9.64. The molecule has 1 amide bonds. The number of fused-ring (bicyclic) bond motifs is 1. The minimum absolute atomic E-state index is 0.185. The van der Waals surface area contributed by atoms with Crippen molar-refractivity contribution in [3.8, 4) is 6.07 Å². The first-order chi connectivity index (χ1) is 14.6. The van der Waals surface area contributed by atoms with Crippen molar-refractivity contribution in [3.63, 3.8) is 0 Å². The summed E-state index contributed by atoms with van der Waals surface area (Å²) < 4.78 is 12.0. The highest BCUT2D eigenvalue weighted by molar-refractivity contribution is 7.16. The molecule has 0 fully saturated rings. The average Bonchev–Trinajstić information content (AvgIpc) is 3.51. The second-order valence-electron chi connectivity index (χ2n) is 6.93. The van der Waals surface area contributed by atoms with E-state index >= 15 is 0 Å². The molecule has 0 spiro atoms. The van der Waals surface area contributed by atoms with E-state index in [1.165, 1.54) is 28.2 Å². The Hall–Kier alpha value is -3.57. The molecule has 0 saturated carbocycles. The van der Waals surface area contributed by atoms with E-state index in [0.29, 0.717) is 29.4 Å². The SMILES string of the molecule is N#Cc1c(NC(=O)C=Cc2ccco2)sc2c1CCC(COC(=O)n1cccc1)C2. The molecule has 3 aromatic rings. The van der Waals surface area contributed by atoms with Gasteiger partial charge in [0.1, 0.15) is 16.8 Å². The van der Waals surface area contributed by atoms with Gasteiger partial charge in [0, 0.05) is 23.3 Å². The minimum Gasteiger partial charge on any atom is -0.465 e. The van der Waals surface area contributed by atoms with Gasteiger partial charge in [-0.3, -0.25) is 9.36 Å². The van der Waals surface area contributed by atoms with E-state index in [1.54, 1.807) is 42.7 Å². The van der Waals surface area contributed by atoms with Crippen LogP contribution in [0.1, 0.15) is 28.2 Å². The van der Waals surface area contributed by atoms with Crippen molar-refractivity contribution in [2.45, 2.75) is 19.3 Å². The molecule has 1 aliphatic carbocycles. The maximum absolute atomic E-state index is 12.2. The predicted octanol–water partition coefficient (Wildman–Crippen LogP) is 4.46. The fraction of sp³-hybridized carbons (Fsp3) is 0.227. The Balaban J connectivity index is 1.40. The normalized spacial score (nSPS) is 15.5. The number of nitriles is 1. The molecule has 1 aliphatic rings. The van der Waals surface area contributed by atoms with Crippen LogP contribution in [0.3, 0.4) is 0 Å². The number of ether oxygens (including phenoxy) is 1. The molecule has 1 unspecified atom stereocenters. The lowest BCUT2D eigenvalue weighted by Gasteiger charge is -2.21. The molecule has 0 radical (unpaired) electrons. The molecule has 0 aliphatic heterocycles. The summed E-state index contributed by atoms with van der Waals surface area (Å²) in [6, 6.07) is 9.25. The fourth-order valence-electron chi connectivity index (χ4n) is 3.42. The van der Waals surface area contributed by atoms with E-state index in [9.17, 15) is 14.9 Å². The number of nitrogens with one attached hydrogen (secondary N) is 1. The number of furan rings is 1. The molecule has 0 bridgehead atoms. The Morgan fingerprint density at radius 1 is 1.37 bits per heavy atom. The molecular formula is C22H19N3O4S. The van der Waals surface area contributed by atoms with Crippen molar-refractivity contribution in [2.24, 2.45) is 5.92 Å². The number of amides is 1. The van der Waals surface area contributed by atoms with Gasteiger partial charge in [0.05, 0.1) is 18.4 Å². The van der Waals surface area contributed by atoms with Crippen molar-refractivity contribution < 1.29 is 18.7 Å². The van der Waals surface area contributed by atoms with Gasteiger partial charge in [-0.15, -0.1) is 11.3 Å². The van der Waals surface area contributed by atoms with Gasteiger partial charge in [0.2, 0.25) is 5.91 Å². The monoisotopic (exact) mass is 421 g/mol. The van der Waals surface area contributed by atoms with Crippen LogP contribution in [0.5, 0.6) is 0 Å². The Bertz CT molecular complexity index is 1100. The number of carbonyl (C=O) groups is 2. The maximum atomic E-state index is 12.2. The summed E-state index contributed by atoms with van der Waals surface area (Å²) in [5.41, 5.74) is 1.51. The van der Waals surface area contributed by atoms with Crippen LogP contribution in [-0.2, 0) is 22.4 Å². The van der Waals surface area contributed by atoms with Crippen molar-refractivity contribution in [3.05, 3.63) is 70.8 Å².